The molecule has 0 aliphatic carbocycles. The van der Waals surface area contributed by atoms with Gasteiger partial charge in [0.1, 0.15) is 57.7 Å². The summed E-state index contributed by atoms with van der Waals surface area (Å²) in [6, 6.07) is 25.6. The maximum Gasteiger partial charge on any atom is 0.149 e. The van der Waals surface area contributed by atoms with Gasteiger partial charge in [0.05, 0.1) is 39.5 Å². The summed E-state index contributed by atoms with van der Waals surface area (Å²) in [5.74, 6) is 14.2. The minimum absolute atomic E-state index is 0. The summed E-state index contributed by atoms with van der Waals surface area (Å²) >= 11 is 0. The van der Waals surface area contributed by atoms with Crippen molar-refractivity contribution < 1.29 is 52.5 Å². The van der Waals surface area contributed by atoms with Gasteiger partial charge in [0, 0.05) is 96.3 Å². The molecular formula is C114H216N2O11S5. The van der Waals surface area contributed by atoms with Crippen LogP contribution in [0.3, 0.4) is 0 Å². The van der Waals surface area contributed by atoms with E-state index < -0.39 is 0 Å². The van der Waals surface area contributed by atoms with Crippen LogP contribution < -0.4 is 14.2 Å². The molecule has 0 aliphatic rings. The highest BCUT2D eigenvalue weighted by Crippen LogP contribution is 2.29. The fourth-order valence-corrected chi connectivity index (χ4v) is 14.3. The second-order valence-corrected chi connectivity index (χ2v) is 44.7. The molecule has 0 amide bonds. The van der Waals surface area contributed by atoms with E-state index in [2.05, 4.69) is 240 Å². The van der Waals surface area contributed by atoms with Crippen molar-refractivity contribution >= 4 is 108 Å². The molecule has 0 unspecified atom stereocenters. The zero-order valence-corrected chi connectivity index (χ0v) is 98.2. The zero-order valence-electron chi connectivity index (χ0n) is 93.2. The lowest BCUT2D eigenvalue weighted by Gasteiger charge is -2.28. The van der Waals surface area contributed by atoms with E-state index in [1.165, 1.54) is 29.5 Å². The molecule has 0 radical (unpaired) electrons. The lowest BCUT2D eigenvalue weighted by atomic mass is 9.83. The van der Waals surface area contributed by atoms with Gasteiger partial charge in [0.25, 0.3) is 0 Å². The van der Waals surface area contributed by atoms with Crippen LogP contribution in [0.2, 0.25) is 0 Å². The molecule has 0 aliphatic heterocycles. The minimum Gasteiger partial charge on any atom is -0.494 e. The predicted molar refractivity (Wildman–Crippen MR) is 599 cm³/mol. The Morgan fingerprint density at radius 1 is 0.242 bits per heavy atom. The van der Waals surface area contributed by atoms with Crippen molar-refractivity contribution in [3.63, 3.8) is 0 Å². The van der Waals surface area contributed by atoms with Crippen LogP contribution in [0.15, 0.2) is 72.8 Å². The summed E-state index contributed by atoms with van der Waals surface area (Å²) in [6.45, 7) is 95.7. The van der Waals surface area contributed by atoms with Gasteiger partial charge in [-0.2, -0.15) is 67.5 Å². The zero-order chi connectivity index (χ0) is 98.8. The van der Waals surface area contributed by atoms with Crippen LogP contribution in [-0.2, 0) is 57.6 Å². The second kappa shape index (κ2) is 83.2. The second-order valence-electron chi connectivity index (χ2n) is 44.7. The molecule has 3 rings (SSSR count). The van der Waals surface area contributed by atoms with Crippen molar-refractivity contribution in [1.29, 1.82) is 0 Å². The molecule has 0 bridgehead atoms. The van der Waals surface area contributed by atoms with Crippen LogP contribution in [0.4, 0.5) is 0 Å². The Morgan fingerprint density at radius 3 is 0.750 bits per heavy atom. The van der Waals surface area contributed by atoms with Gasteiger partial charge in [0.15, 0.2) is 0 Å². The van der Waals surface area contributed by atoms with E-state index in [0.717, 1.165) is 121 Å². The Balaban J connectivity index is -0.000000191. The summed E-state index contributed by atoms with van der Waals surface area (Å²) in [6.07, 6.45) is 11.9. The highest BCUT2D eigenvalue weighted by atomic mass is 32.1. The molecule has 0 saturated carbocycles. The van der Waals surface area contributed by atoms with Crippen molar-refractivity contribution in [2.75, 3.05) is 59.2 Å². The van der Waals surface area contributed by atoms with Crippen LogP contribution in [0.25, 0.3) is 0 Å². The summed E-state index contributed by atoms with van der Waals surface area (Å²) in [5, 5.41) is 0. The highest BCUT2D eigenvalue weighted by Gasteiger charge is 2.29. The maximum atomic E-state index is 12.4. The fraction of sp³-hybridized carbons (Fsp3) is 0.781. The topological polar surface area (TPSA) is 163 Å². The predicted octanol–water partition coefficient (Wildman–Crippen LogP) is 29.8. The molecule has 132 heavy (non-hydrogen) atoms. The van der Waals surface area contributed by atoms with Crippen molar-refractivity contribution in [3.8, 4) is 17.2 Å². The third-order valence-corrected chi connectivity index (χ3v) is 21.9. The molecular weight excluding hydrogens is 1730 g/mol. The van der Waals surface area contributed by atoms with E-state index in [1.54, 1.807) is 0 Å². The number of hydrogen-bond donors (Lipinski definition) is 0. The maximum absolute atomic E-state index is 12.4. The molecule has 0 saturated heterocycles. The molecule has 0 aromatic heterocycles. The van der Waals surface area contributed by atoms with E-state index in [0.29, 0.717) is 149 Å². The van der Waals surface area contributed by atoms with Gasteiger partial charge in [-0.25, -0.2) is 0 Å². The molecule has 3 aromatic carbocycles. The quantitative estimate of drug-likeness (QED) is 0.0525. The lowest BCUT2D eigenvalue weighted by molar-refractivity contribution is -0.129. The third kappa shape index (κ3) is 79.2. The van der Waals surface area contributed by atoms with Gasteiger partial charge in [-0.1, -0.05) is 306 Å². The Hall–Kier alpha value is -3.62. The molecule has 778 valence electrons. The van der Waals surface area contributed by atoms with Crippen LogP contribution in [0, 0.1) is 142 Å². The molecule has 0 heterocycles. The number of ether oxygens (including phenoxy) is 4. The summed E-state index contributed by atoms with van der Waals surface area (Å²) < 4.78 is 22.8. The molecule has 5 atom stereocenters. The van der Waals surface area contributed by atoms with E-state index >= 15 is 0 Å². The number of rotatable bonds is 56. The summed E-state index contributed by atoms with van der Waals surface area (Å²) in [5.41, 5.74) is 3.66. The van der Waals surface area contributed by atoms with Crippen LogP contribution >= 0.6 is 67.5 Å². The molecule has 13 nitrogen and oxygen atoms in total. The third-order valence-electron chi connectivity index (χ3n) is 21.9. The number of Topliss-reactive ketones (excluding diaryl/α,β-unsaturated/α-hetero) is 7. The number of benzene rings is 3. The SMILES string of the molecule is CC(C)CCN(CC(=O)C(C)C)C(C)C.CC(C)CCOc1ccc(C[C@H](CC(C)C)C(=O)C(C)C)cc1.CC(C)CC[C@H](CC(C)C)C(=O)C(C)C.CC(C)CN(CC(=O)C(C)C)C(C)C.CC(C)COC[C@H](CC(C)C)C(=O)C(C)C.CC(C)COc1ccc(C[C@@H](CC(C)C)C(=O)C(C)C)cc1.CC(C)COc1ccc(C[C@H](CC(C)C)C(=O)C(C)C)cc1.S.S.S.S.S. The first kappa shape index (κ1) is 146. The molecule has 0 fully saturated rings. The van der Waals surface area contributed by atoms with Crippen molar-refractivity contribution in [3.05, 3.63) is 89.5 Å². The first-order valence-electron chi connectivity index (χ1n) is 50.7. The lowest BCUT2D eigenvalue weighted by Crippen LogP contribution is -2.39. The molecule has 18 heteroatoms. The Bertz CT molecular complexity index is 3200. The first-order chi connectivity index (χ1) is 58.7. The summed E-state index contributed by atoms with van der Waals surface area (Å²) in [4.78, 5) is 89.0. The monoisotopic (exact) mass is 1950 g/mol. The smallest absolute Gasteiger partial charge is 0.149 e. The number of ketones is 7. The molecule has 0 N–H and O–H groups in total. The normalized spacial score (nSPS) is 12.5. The van der Waals surface area contributed by atoms with Crippen molar-refractivity contribution in [2.45, 2.75) is 380 Å². The van der Waals surface area contributed by atoms with Gasteiger partial charge in [0.2, 0.25) is 0 Å². The van der Waals surface area contributed by atoms with Gasteiger partial charge in [-0.15, -0.1) is 0 Å². The molecule has 3 aromatic rings. The van der Waals surface area contributed by atoms with Gasteiger partial charge < -0.3 is 18.9 Å². The Labute approximate surface area is 852 Å². The Kier molecular flexibility index (Phi) is 92.1. The van der Waals surface area contributed by atoms with Gasteiger partial charge >= 0.3 is 0 Å². The van der Waals surface area contributed by atoms with E-state index in [-0.39, 0.29) is 133 Å². The van der Waals surface area contributed by atoms with E-state index in [4.69, 9.17) is 18.9 Å². The number of carbonyl (C=O) groups excluding carboxylic acids is 7. The fourth-order valence-electron chi connectivity index (χ4n) is 14.3. The van der Waals surface area contributed by atoms with Crippen LogP contribution in [0.5, 0.6) is 17.2 Å². The van der Waals surface area contributed by atoms with Gasteiger partial charge in [-0.05, 0) is 229 Å². The standard InChI is InChI=1S/C21H34O2.2C20H32O2.C14H28O2.C14H28O.C13H27NO.C12H25NO.5H2S/c1-15(2)11-12-23-20-9-7-18(8-10-20)14-19(13-16(3)4)21(22)17(5)6;2*1-14(2)11-18(20(21)16(5)6)12-17-7-9-19(10-8-17)22-13-15(3)4;1-10(2)7-13(14(15)12(5)6)9-16-8-11(3)4;1-10(2)7-8-13(9-11(3)4)14(15)12(5)6;1-10(2)7-8-14(12(5)6)9-13(15)11(3)4;1-9(2)7-13(11(5)6)8-12(14)10(3)4;;;;;/h7-10,15-17,19H,11-14H2,1-6H3;2*7-10,14-16,18H,11-13H2,1-6H3;10-13H,7-9H2,1-6H3;10-13H,7-9H2,1-6H3;10-12H,7-9H2,1-6H3;9-11H,7-8H2,1-6H3;5*1H2/t19-;2*18-;2*13-;;;;;;;/m01001......./s1. The molecule has 0 spiro atoms. The average molecular weight is 1950 g/mol. The first-order valence-corrected chi connectivity index (χ1v) is 50.7. The van der Waals surface area contributed by atoms with Crippen LogP contribution in [-0.4, -0.2) is 122 Å². The number of nitrogens with zero attached hydrogens (tertiary/aromatic N) is 2. The van der Waals surface area contributed by atoms with Crippen molar-refractivity contribution in [2.24, 2.45) is 142 Å². The average Bonchev–Trinajstić information content (AvgIpc) is 0.868. The Morgan fingerprint density at radius 2 is 0.500 bits per heavy atom. The van der Waals surface area contributed by atoms with Crippen molar-refractivity contribution in [1.82, 2.24) is 9.80 Å². The highest BCUT2D eigenvalue weighted by molar-refractivity contribution is 7.60. The number of hydrogen-bond acceptors (Lipinski definition) is 13. The van der Waals surface area contributed by atoms with E-state index in [9.17, 15) is 33.6 Å². The van der Waals surface area contributed by atoms with Crippen LogP contribution in [0.1, 0.15) is 365 Å². The van der Waals surface area contributed by atoms with E-state index in [1.807, 2.05) is 133 Å². The minimum atomic E-state index is 0. The number of carbonyl (C=O) groups is 7. The largest absolute Gasteiger partial charge is 0.494 e. The summed E-state index contributed by atoms with van der Waals surface area (Å²) in [7, 11) is 0. The van der Waals surface area contributed by atoms with Gasteiger partial charge in [-0.3, -0.25) is 43.4 Å².